The zero-order chi connectivity index (χ0) is 12.3. The molecule has 0 saturated heterocycles. The molecule has 2 rings (SSSR count). The number of nitrogens with zero attached hydrogens (tertiary/aromatic N) is 3. The SMILES string of the molecule is CCOC(=O)c1cnc(-c2ncn[nH]2)[nH]c1=O. The highest BCUT2D eigenvalue weighted by Crippen LogP contribution is 2.04. The van der Waals surface area contributed by atoms with E-state index in [0.29, 0.717) is 5.82 Å². The molecule has 0 spiro atoms. The van der Waals surface area contributed by atoms with Crippen molar-refractivity contribution in [2.24, 2.45) is 0 Å². The van der Waals surface area contributed by atoms with Gasteiger partial charge >= 0.3 is 5.97 Å². The molecule has 0 saturated carbocycles. The lowest BCUT2D eigenvalue weighted by Crippen LogP contribution is -2.21. The fourth-order valence-corrected chi connectivity index (χ4v) is 1.19. The van der Waals surface area contributed by atoms with Crippen LogP contribution in [0.5, 0.6) is 0 Å². The second kappa shape index (κ2) is 4.56. The van der Waals surface area contributed by atoms with Crippen LogP contribution in [-0.4, -0.2) is 37.7 Å². The summed E-state index contributed by atoms with van der Waals surface area (Å²) in [6, 6.07) is 0. The zero-order valence-electron chi connectivity index (χ0n) is 8.93. The lowest BCUT2D eigenvalue weighted by molar-refractivity contribution is 0.0524. The van der Waals surface area contributed by atoms with Crippen LogP contribution in [0.1, 0.15) is 17.3 Å². The van der Waals surface area contributed by atoms with Crippen LogP contribution in [0.2, 0.25) is 0 Å². The van der Waals surface area contributed by atoms with E-state index in [2.05, 4.69) is 25.1 Å². The molecule has 8 heteroatoms. The monoisotopic (exact) mass is 235 g/mol. The van der Waals surface area contributed by atoms with Crippen molar-refractivity contribution in [3.05, 3.63) is 28.4 Å². The summed E-state index contributed by atoms with van der Waals surface area (Å²) in [4.78, 5) is 33.1. The largest absolute Gasteiger partial charge is 0.462 e. The molecule has 2 aromatic rings. The molecule has 0 amide bonds. The molecule has 0 aliphatic carbocycles. The van der Waals surface area contributed by atoms with Crippen LogP contribution in [0, 0.1) is 0 Å². The number of carbonyl (C=O) groups excluding carboxylic acids is 1. The van der Waals surface area contributed by atoms with Gasteiger partial charge in [0.25, 0.3) is 5.56 Å². The Kier molecular flexibility index (Phi) is 2.95. The number of aromatic amines is 2. The van der Waals surface area contributed by atoms with E-state index in [1.165, 1.54) is 6.33 Å². The Bertz CT molecular complexity index is 575. The first-order chi connectivity index (χ1) is 8.22. The van der Waals surface area contributed by atoms with Gasteiger partial charge in [-0.1, -0.05) is 0 Å². The van der Waals surface area contributed by atoms with Crippen molar-refractivity contribution in [1.82, 2.24) is 25.1 Å². The molecule has 8 nitrogen and oxygen atoms in total. The molecule has 88 valence electrons. The van der Waals surface area contributed by atoms with Gasteiger partial charge in [0.1, 0.15) is 11.9 Å². The first-order valence-electron chi connectivity index (χ1n) is 4.84. The molecule has 0 bridgehead atoms. The van der Waals surface area contributed by atoms with Gasteiger partial charge in [-0.05, 0) is 6.92 Å². The number of ether oxygens (including phenoxy) is 1. The first kappa shape index (κ1) is 11.0. The molecule has 0 radical (unpaired) electrons. The molecule has 2 aromatic heterocycles. The minimum atomic E-state index is -0.703. The number of esters is 1. The highest BCUT2D eigenvalue weighted by atomic mass is 16.5. The standard InChI is InChI=1S/C9H9N5O3/c1-2-17-9(16)5-3-10-6(13-8(5)15)7-11-4-12-14-7/h3-4H,2H2,1H3,(H,10,13,15)(H,11,12,14). The molecule has 0 fully saturated rings. The van der Waals surface area contributed by atoms with E-state index in [1.807, 2.05) is 0 Å². The van der Waals surface area contributed by atoms with Crippen LogP contribution in [0.15, 0.2) is 17.3 Å². The van der Waals surface area contributed by atoms with Crippen LogP contribution < -0.4 is 5.56 Å². The van der Waals surface area contributed by atoms with Crippen LogP contribution in [0.4, 0.5) is 0 Å². The fourth-order valence-electron chi connectivity index (χ4n) is 1.19. The fraction of sp³-hybridized carbons (Fsp3) is 0.222. The maximum atomic E-state index is 11.6. The van der Waals surface area contributed by atoms with Gasteiger partial charge in [0.2, 0.25) is 0 Å². The van der Waals surface area contributed by atoms with Crippen LogP contribution in [0.25, 0.3) is 11.6 Å². The third kappa shape index (κ3) is 2.19. The van der Waals surface area contributed by atoms with E-state index >= 15 is 0 Å². The maximum absolute atomic E-state index is 11.6. The summed E-state index contributed by atoms with van der Waals surface area (Å²) < 4.78 is 4.70. The average Bonchev–Trinajstić information content (AvgIpc) is 2.82. The molecule has 0 aliphatic rings. The second-order valence-corrected chi connectivity index (χ2v) is 3.03. The number of hydrogen-bond acceptors (Lipinski definition) is 6. The Morgan fingerprint density at radius 3 is 2.82 bits per heavy atom. The molecule has 2 N–H and O–H groups in total. The van der Waals surface area contributed by atoms with Gasteiger partial charge < -0.3 is 9.72 Å². The summed E-state index contributed by atoms with van der Waals surface area (Å²) in [6.45, 7) is 1.85. The van der Waals surface area contributed by atoms with Crippen LogP contribution in [0.3, 0.4) is 0 Å². The Morgan fingerprint density at radius 2 is 2.24 bits per heavy atom. The molecule has 0 atom stereocenters. The summed E-state index contributed by atoms with van der Waals surface area (Å²) in [5, 5.41) is 6.17. The predicted octanol–water partition coefficient (Wildman–Crippen LogP) is -0.268. The van der Waals surface area contributed by atoms with Gasteiger partial charge in [-0.15, -0.1) is 0 Å². The average molecular weight is 235 g/mol. The topological polar surface area (TPSA) is 114 Å². The Balaban J connectivity index is 2.36. The van der Waals surface area contributed by atoms with E-state index in [0.717, 1.165) is 6.20 Å². The number of H-pyrrole nitrogens is 2. The number of aromatic nitrogens is 5. The first-order valence-corrected chi connectivity index (χ1v) is 4.84. The van der Waals surface area contributed by atoms with Gasteiger partial charge in [-0.3, -0.25) is 9.89 Å². The molecular formula is C9H9N5O3. The number of hydrogen-bond donors (Lipinski definition) is 2. The minimum Gasteiger partial charge on any atom is -0.462 e. The van der Waals surface area contributed by atoms with Crippen molar-refractivity contribution < 1.29 is 9.53 Å². The quantitative estimate of drug-likeness (QED) is 0.708. The predicted molar refractivity (Wildman–Crippen MR) is 56.2 cm³/mol. The van der Waals surface area contributed by atoms with Crippen molar-refractivity contribution >= 4 is 5.97 Å². The van der Waals surface area contributed by atoms with Gasteiger partial charge in [-0.25, -0.2) is 14.8 Å². The Morgan fingerprint density at radius 1 is 1.41 bits per heavy atom. The smallest absolute Gasteiger partial charge is 0.345 e. The third-order valence-corrected chi connectivity index (χ3v) is 1.93. The van der Waals surface area contributed by atoms with Crippen molar-refractivity contribution in [3.63, 3.8) is 0 Å². The zero-order valence-corrected chi connectivity index (χ0v) is 8.93. The molecule has 0 aliphatic heterocycles. The van der Waals surface area contributed by atoms with E-state index in [-0.39, 0.29) is 18.0 Å². The molecule has 17 heavy (non-hydrogen) atoms. The summed E-state index contributed by atoms with van der Waals surface area (Å²) in [5.41, 5.74) is -0.722. The van der Waals surface area contributed by atoms with Crippen molar-refractivity contribution in [2.75, 3.05) is 6.61 Å². The lowest BCUT2D eigenvalue weighted by atomic mass is 10.3. The van der Waals surface area contributed by atoms with E-state index in [1.54, 1.807) is 6.92 Å². The number of nitrogens with one attached hydrogen (secondary N) is 2. The van der Waals surface area contributed by atoms with Gasteiger partial charge in [-0.2, -0.15) is 5.10 Å². The van der Waals surface area contributed by atoms with Gasteiger partial charge in [0, 0.05) is 6.20 Å². The molecule has 0 aromatic carbocycles. The summed E-state index contributed by atoms with van der Waals surface area (Å²) in [6.07, 6.45) is 2.43. The Hall–Kier alpha value is -2.51. The van der Waals surface area contributed by atoms with E-state index in [9.17, 15) is 9.59 Å². The second-order valence-electron chi connectivity index (χ2n) is 3.03. The minimum absolute atomic E-state index is 0.143. The van der Waals surface area contributed by atoms with Crippen LogP contribution >= 0.6 is 0 Å². The summed E-state index contributed by atoms with van der Waals surface area (Å²) >= 11 is 0. The van der Waals surface area contributed by atoms with Gasteiger partial charge in [0.15, 0.2) is 11.6 Å². The maximum Gasteiger partial charge on any atom is 0.345 e. The van der Waals surface area contributed by atoms with Crippen molar-refractivity contribution in [3.8, 4) is 11.6 Å². The highest BCUT2D eigenvalue weighted by Gasteiger charge is 2.13. The Labute approximate surface area is 95.1 Å². The number of carbonyl (C=O) groups is 1. The molecule has 2 heterocycles. The van der Waals surface area contributed by atoms with Crippen molar-refractivity contribution in [1.29, 1.82) is 0 Å². The third-order valence-electron chi connectivity index (χ3n) is 1.93. The van der Waals surface area contributed by atoms with Gasteiger partial charge in [0.05, 0.1) is 6.61 Å². The van der Waals surface area contributed by atoms with E-state index in [4.69, 9.17) is 4.74 Å². The molecule has 0 unspecified atom stereocenters. The highest BCUT2D eigenvalue weighted by molar-refractivity contribution is 5.88. The summed E-state index contributed by atoms with van der Waals surface area (Å²) in [5.74, 6) is -0.177. The normalized spacial score (nSPS) is 10.2. The lowest BCUT2D eigenvalue weighted by Gasteiger charge is -2.00. The summed E-state index contributed by atoms with van der Waals surface area (Å²) in [7, 11) is 0. The number of rotatable bonds is 3. The van der Waals surface area contributed by atoms with Crippen LogP contribution in [-0.2, 0) is 4.74 Å². The molecular weight excluding hydrogens is 226 g/mol. The van der Waals surface area contributed by atoms with Crippen molar-refractivity contribution in [2.45, 2.75) is 6.92 Å². The van der Waals surface area contributed by atoms with E-state index < -0.39 is 11.5 Å².